The molecule has 3 nitrogen and oxygen atoms in total. The zero-order valence-electron chi connectivity index (χ0n) is 9.88. The van der Waals surface area contributed by atoms with E-state index in [2.05, 4.69) is 5.10 Å². The van der Waals surface area contributed by atoms with E-state index in [1.807, 2.05) is 49.8 Å². The number of Topliss-reactive ketones (excluding diaryl/α,β-unsaturated/α-hetero) is 1. The predicted octanol–water partition coefficient (Wildman–Crippen LogP) is 2.57. The average Bonchev–Trinajstić information content (AvgIpc) is 2.75. The zero-order chi connectivity index (χ0) is 12.3. The fraction of sp³-hybridized carbons (Fsp3) is 0.231. The van der Waals surface area contributed by atoms with Crippen LogP contribution in [0.25, 0.3) is 0 Å². The van der Waals surface area contributed by atoms with Crippen LogP contribution in [0, 0.1) is 0 Å². The molecule has 0 spiro atoms. The maximum Gasteiger partial charge on any atom is 0.168 e. The van der Waals surface area contributed by atoms with Gasteiger partial charge in [-0.1, -0.05) is 12.1 Å². The summed E-state index contributed by atoms with van der Waals surface area (Å²) in [7, 11) is 1.85. The van der Waals surface area contributed by atoms with Crippen molar-refractivity contribution < 1.29 is 4.79 Å². The van der Waals surface area contributed by atoms with Crippen molar-refractivity contribution in [1.29, 1.82) is 0 Å². The summed E-state index contributed by atoms with van der Waals surface area (Å²) in [6.07, 6.45) is 4.23. The molecule has 0 saturated carbocycles. The predicted molar refractivity (Wildman–Crippen MR) is 69.5 cm³/mol. The molecule has 0 aliphatic carbocycles. The summed E-state index contributed by atoms with van der Waals surface area (Å²) >= 11 is 1.67. The molecule has 1 heterocycles. The normalized spacial score (nSPS) is 10.5. The average molecular weight is 246 g/mol. The lowest BCUT2D eigenvalue weighted by Gasteiger charge is -2.00. The van der Waals surface area contributed by atoms with Gasteiger partial charge in [0.15, 0.2) is 5.78 Å². The minimum absolute atomic E-state index is 0.108. The summed E-state index contributed by atoms with van der Waals surface area (Å²) in [4.78, 5) is 13.1. The van der Waals surface area contributed by atoms with Crippen LogP contribution in [-0.4, -0.2) is 21.8 Å². The molecule has 0 aliphatic heterocycles. The van der Waals surface area contributed by atoms with Gasteiger partial charge in [0.2, 0.25) is 0 Å². The molecule has 0 N–H and O–H groups in total. The van der Waals surface area contributed by atoms with Crippen molar-refractivity contribution in [3.63, 3.8) is 0 Å². The molecular formula is C13H14N2OS. The molecule has 0 saturated heterocycles. The van der Waals surface area contributed by atoms with Crippen molar-refractivity contribution >= 4 is 17.5 Å². The van der Waals surface area contributed by atoms with Crippen molar-refractivity contribution in [3.05, 3.63) is 47.8 Å². The topological polar surface area (TPSA) is 34.9 Å². The van der Waals surface area contributed by atoms with Gasteiger partial charge in [-0.2, -0.15) is 5.10 Å². The Balaban J connectivity index is 2.09. The van der Waals surface area contributed by atoms with E-state index < -0.39 is 0 Å². The number of ketones is 1. The molecule has 88 valence electrons. The van der Waals surface area contributed by atoms with Crippen LogP contribution in [0.3, 0.4) is 0 Å². The molecule has 0 unspecified atom stereocenters. The highest BCUT2D eigenvalue weighted by molar-refractivity contribution is 7.98. The minimum Gasteiger partial charge on any atom is -0.294 e. The van der Waals surface area contributed by atoms with Crippen molar-refractivity contribution in [2.45, 2.75) is 11.3 Å². The Morgan fingerprint density at radius 1 is 1.29 bits per heavy atom. The number of thioether (sulfide) groups is 1. The van der Waals surface area contributed by atoms with Gasteiger partial charge >= 0.3 is 0 Å². The van der Waals surface area contributed by atoms with E-state index >= 15 is 0 Å². The Kier molecular flexibility index (Phi) is 3.64. The van der Waals surface area contributed by atoms with Gasteiger partial charge in [0.05, 0.1) is 12.1 Å². The van der Waals surface area contributed by atoms with Gasteiger partial charge in [0, 0.05) is 23.7 Å². The van der Waals surface area contributed by atoms with Crippen LogP contribution in [0.2, 0.25) is 0 Å². The minimum atomic E-state index is 0.108. The third-order valence-corrected chi connectivity index (χ3v) is 3.27. The van der Waals surface area contributed by atoms with Gasteiger partial charge in [-0.05, 0) is 24.5 Å². The number of aromatic nitrogens is 2. The first-order valence-electron chi connectivity index (χ1n) is 5.35. The van der Waals surface area contributed by atoms with E-state index in [0.717, 1.165) is 11.3 Å². The molecule has 0 fully saturated rings. The fourth-order valence-electron chi connectivity index (χ4n) is 1.60. The number of carbonyl (C=O) groups excluding carboxylic acids is 1. The first kappa shape index (κ1) is 11.9. The SMILES string of the molecule is CSc1ccc(C(=O)Cc2ccn(C)n2)cc1. The first-order chi connectivity index (χ1) is 8.19. The van der Waals surface area contributed by atoms with Gasteiger partial charge < -0.3 is 0 Å². The van der Waals surface area contributed by atoms with Gasteiger partial charge in [0.25, 0.3) is 0 Å². The molecule has 0 bridgehead atoms. The van der Waals surface area contributed by atoms with Crippen LogP contribution in [-0.2, 0) is 13.5 Å². The van der Waals surface area contributed by atoms with Gasteiger partial charge in [-0.25, -0.2) is 0 Å². The van der Waals surface area contributed by atoms with E-state index in [9.17, 15) is 4.79 Å². The van der Waals surface area contributed by atoms with Crippen LogP contribution in [0.5, 0.6) is 0 Å². The standard InChI is InChI=1S/C13H14N2OS/c1-15-8-7-11(14-15)9-13(16)10-3-5-12(17-2)6-4-10/h3-8H,9H2,1-2H3. The van der Waals surface area contributed by atoms with Crippen LogP contribution in [0.15, 0.2) is 41.4 Å². The highest BCUT2D eigenvalue weighted by atomic mass is 32.2. The summed E-state index contributed by atoms with van der Waals surface area (Å²) in [5.74, 6) is 0.108. The van der Waals surface area contributed by atoms with Crippen LogP contribution >= 0.6 is 11.8 Å². The van der Waals surface area contributed by atoms with Crippen molar-refractivity contribution in [3.8, 4) is 0 Å². The molecule has 0 atom stereocenters. The van der Waals surface area contributed by atoms with E-state index in [4.69, 9.17) is 0 Å². The number of rotatable bonds is 4. The Labute approximate surface area is 105 Å². The van der Waals surface area contributed by atoms with Gasteiger partial charge in [-0.15, -0.1) is 11.8 Å². The molecule has 4 heteroatoms. The molecule has 2 aromatic rings. The Hall–Kier alpha value is -1.55. The van der Waals surface area contributed by atoms with Crippen molar-refractivity contribution in [2.24, 2.45) is 7.05 Å². The summed E-state index contributed by atoms with van der Waals surface area (Å²) in [5, 5.41) is 4.20. The van der Waals surface area contributed by atoms with E-state index in [1.165, 1.54) is 4.90 Å². The monoisotopic (exact) mass is 246 g/mol. The summed E-state index contributed by atoms with van der Waals surface area (Å²) in [6, 6.07) is 9.55. The fourth-order valence-corrected chi connectivity index (χ4v) is 2.01. The molecule has 2 rings (SSSR count). The Bertz CT molecular complexity index is 516. The lowest BCUT2D eigenvalue weighted by Crippen LogP contribution is -2.04. The number of aryl methyl sites for hydroxylation is 1. The smallest absolute Gasteiger partial charge is 0.168 e. The number of hydrogen-bond donors (Lipinski definition) is 0. The van der Waals surface area contributed by atoms with Crippen molar-refractivity contribution in [2.75, 3.05) is 6.26 Å². The molecule has 1 aromatic heterocycles. The molecule has 1 aromatic carbocycles. The molecule has 0 radical (unpaired) electrons. The molecule has 0 amide bonds. The lowest BCUT2D eigenvalue weighted by atomic mass is 10.1. The highest BCUT2D eigenvalue weighted by Gasteiger charge is 2.08. The quantitative estimate of drug-likeness (QED) is 0.614. The van der Waals surface area contributed by atoms with Crippen LogP contribution < -0.4 is 0 Å². The maximum absolute atomic E-state index is 12.0. The first-order valence-corrected chi connectivity index (χ1v) is 6.57. The molecular weight excluding hydrogens is 232 g/mol. The number of benzene rings is 1. The van der Waals surface area contributed by atoms with E-state index in [-0.39, 0.29) is 5.78 Å². The number of nitrogens with zero attached hydrogens (tertiary/aromatic N) is 2. The summed E-state index contributed by atoms with van der Waals surface area (Å²) in [6.45, 7) is 0. The van der Waals surface area contributed by atoms with Gasteiger partial charge in [-0.3, -0.25) is 9.48 Å². The van der Waals surface area contributed by atoms with Crippen LogP contribution in [0.1, 0.15) is 16.1 Å². The number of carbonyl (C=O) groups is 1. The molecule has 17 heavy (non-hydrogen) atoms. The third kappa shape index (κ3) is 2.97. The van der Waals surface area contributed by atoms with Crippen molar-refractivity contribution in [1.82, 2.24) is 9.78 Å². The summed E-state index contributed by atoms with van der Waals surface area (Å²) < 4.78 is 1.71. The Morgan fingerprint density at radius 3 is 2.53 bits per heavy atom. The second-order valence-corrected chi connectivity index (χ2v) is 4.69. The second-order valence-electron chi connectivity index (χ2n) is 3.81. The lowest BCUT2D eigenvalue weighted by molar-refractivity contribution is 0.0992. The Morgan fingerprint density at radius 2 is 2.00 bits per heavy atom. The highest BCUT2D eigenvalue weighted by Crippen LogP contribution is 2.15. The van der Waals surface area contributed by atoms with E-state index in [1.54, 1.807) is 16.4 Å². The number of hydrogen-bond acceptors (Lipinski definition) is 3. The zero-order valence-corrected chi connectivity index (χ0v) is 10.7. The summed E-state index contributed by atoms with van der Waals surface area (Å²) in [5.41, 5.74) is 1.56. The largest absolute Gasteiger partial charge is 0.294 e. The van der Waals surface area contributed by atoms with Gasteiger partial charge in [0.1, 0.15) is 0 Å². The third-order valence-electron chi connectivity index (χ3n) is 2.52. The van der Waals surface area contributed by atoms with E-state index in [0.29, 0.717) is 6.42 Å². The van der Waals surface area contributed by atoms with Crippen LogP contribution in [0.4, 0.5) is 0 Å². The second kappa shape index (κ2) is 5.19. The maximum atomic E-state index is 12.0. The molecule has 0 aliphatic rings.